The molecule has 1 fully saturated rings. The van der Waals surface area contributed by atoms with E-state index in [4.69, 9.17) is 0 Å². The van der Waals surface area contributed by atoms with Crippen molar-refractivity contribution in [2.45, 2.75) is 18.8 Å². The van der Waals surface area contributed by atoms with Crippen molar-refractivity contribution in [1.82, 2.24) is 4.90 Å². The van der Waals surface area contributed by atoms with Gasteiger partial charge in [-0.1, -0.05) is 30.3 Å². The molecule has 0 spiro atoms. The predicted octanol–water partition coefficient (Wildman–Crippen LogP) is 4.78. The Kier molecular flexibility index (Phi) is 5.61. The molecule has 1 amide bonds. The highest BCUT2D eigenvalue weighted by molar-refractivity contribution is 6.15. The van der Waals surface area contributed by atoms with Crippen LogP contribution in [-0.2, 0) is 0 Å². The highest BCUT2D eigenvalue weighted by Crippen LogP contribution is 2.30. The number of nitrogens with zero attached hydrogens (tertiary/aromatic N) is 1. The van der Waals surface area contributed by atoms with E-state index < -0.39 is 5.82 Å². The van der Waals surface area contributed by atoms with Crippen molar-refractivity contribution in [3.8, 4) is 5.75 Å². The van der Waals surface area contributed by atoms with Gasteiger partial charge in [0.1, 0.15) is 11.6 Å². The minimum absolute atomic E-state index is 0.162. The lowest BCUT2D eigenvalue weighted by molar-refractivity contribution is 0.0709. The summed E-state index contributed by atoms with van der Waals surface area (Å²) in [6.07, 6.45) is 1.65. The SMILES string of the molecule is O=C(c1ccc(F)cc1)c1ccccc1C(=O)N1CCC(c2ccc(O)cc2)CC1. The normalized spacial score (nSPS) is 14.5. The van der Waals surface area contributed by atoms with Crippen LogP contribution in [0.5, 0.6) is 5.75 Å². The van der Waals surface area contributed by atoms with Gasteiger partial charge in [-0.15, -0.1) is 0 Å². The van der Waals surface area contributed by atoms with Crippen LogP contribution in [0.15, 0.2) is 72.8 Å². The number of amides is 1. The fraction of sp³-hybridized carbons (Fsp3) is 0.200. The number of phenols is 1. The van der Waals surface area contributed by atoms with Gasteiger partial charge in [0.05, 0.1) is 5.56 Å². The van der Waals surface area contributed by atoms with Gasteiger partial charge in [-0.3, -0.25) is 9.59 Å². The van der Waals surface area contributed by atoms with E-state index in [1.54, 1.807) is 41.3 Å². The van der Waals surface area contributed by atoms with E-state index in [1.165, 1.54) is 24.3 Å². The van der Waals surface area contributed by atoms with E-state index >= 15 is 0 Å². The zero-order chi connectivity index (χ0) is 21.1. The summed E-state index contributed by atoms with van der Waals surface area (Å²) in [5.41, 5.74) is 2.21. The van der Waals surface area contributed by atoms with Crippen molar-refractivity contribution < 1.29 is 19.1 Å². The molecule has 0 bridgehead atoms. The Balaban J connectivity index is 1.50. The molecule has 1 heterocycles. The molecule has 0 unspecified atom stereocenters. The molecule has 5 heteroatoms. The second-order valence-electron chi connectivity index (χ2n) is 7.54. The Morgan fingerprint density at radius 1 is 0.833 bits per heavy atom. The summed E-state index contributed by atoms with van der Waals surface area (Å²) in [5, 5.41) is 9.46. The third kappa shape index (κ3) is 4.10. The first-order chi connectivity index (χ1) is 14.5. The quantitative estimate of drug-likeness (QED) is 0.638. The van der Waals surface area contributed by atoms with Gasteiger partial charge in [0.15, 0.2) is 5.78 Å². The number of carbonyl (C=O) groups excluding carboxylic acids is 2. The number of benzene rings is 3. The van der Waals surface area contributed by atoms with Crippen molar-refractivity contribution in [3.05, 3.63) is 101 Å². The van der Waals surface area contributed by atoms with Crippen LogP contribution >= 0.6 is 0 Å². The van der Waals surface area contributed by atoms with Crippen LogP contribution in [0.2, 0.25) is 0 Å². The Hall–Kier alpha value is -3.47. The maximum atomic E-state index is 13.2. The number of carbonyl (C=O) groups is 2. The average molecular weight is 403 g/mol. The number of ketones is 1. The lowest BCUT2D eigenvalue weighted by Crippen LogP contribution is -2.38. The van der Waals surface area contributed by atoms with E-state index in [0.29, 0.717) is 35.7 Å². The first-order valence-electron chi connectivity index (χ1n) is 10.0. The van der Waals surface area contributed by atoms with Crippen LogP contribution in [0.25, 0.3) is 0 Å². The third-order valence-corrected chi connectivity index (χ3v) is 5.66. The first-order valence-corrected chi connectivity index (χ1v) is 10.0. The number of phenolic OH excluding ortho intramolecular Hbond substituents is 1. The summed E-state index contributed by atoms with van der Waals surface area (Å²) < 4.78 is 13.2. The number of halogens is 1. The van der Waals surface area contributed by atoms with Crippen LogP contribution in [0, 0.1) is 5.82 Å². The zero-order valence-corrected chi connectivity index (χ0v) is 16.4. The van der Waals surface area contributed by atoms with Crippen molar-refractivity contribution in [3.63, 3.8) is 0 Å². The zero-order valence-electron chi connectivity index (χ0n) is 16.4. The molecule has 30 heavy (non-hydrogen) atoms. The molecule has 4 nitrogen and oxygen atoms in total. The molecule has 0 aliphatic carbocycles. The Bertz CT molecular complexity index is 1050. The van der Waals surface area contributed by atoms with Gasteiger partial charge in [0.25, 0.3) is 5.91 Å². The van der Waals surface area contributed by atoms with E-state index in [2.05, 4.69) is 0 Å². The molecule has 3 aromatic carbocycles. The Morgan fingerprint density at radius 2 is 1.43 bits per heavy atom. The van der Waals surface area contributed by atoms with Gasteiger partial charge < -0.3 is 10.0 Å². The topological polar surface area (TPSA) is 57.6 Å². The van der Waals surface area contributed by atoms with Gasteiger partial charge in [-0.2, -0.15) is 0 Å². The molecule has 0 atom stereocenters. The smallest absolute Gasteiger partial charge is 0.254 e. The maximum absolute atomic E-state index is 13.2. The molecule has 1 N–H and O–H groups in total. The Morgan fingerprint density at radius 3 is 2.07 bits per heavy atom. The number of likely N-dealkylation sites (tertiary alicyclic amines) is 1. The fourth-order valence-corrected chi connectivity index (χ4v) is 3.96. The summed E-state index contributed by atoms with van der Waals surface area (Å²) >= 11 is 0. The molecule has 0 radical (unpaired) electrons. The molecule has 152 valence electrons. The van der Waals surface area contributed by atoms with Crippen molar-refractivity contribution in [2.75, 3.05) is 13.1 Å². The minimum Gasteiger partial charge on any atom is -0.508 e. The highest BCUT2D eigenvalue weighted by Gasteiger charge is 2.27. The molecule has 0 saturated carbocycles. The van der Waals surface area contributed by atoms with E-state index in [9.17, 15) is 19.1 Å². The molecule has 1 aliphatic rings. The van der Waals surface area contributed by atoms with Gasteiger partial charge in [0.2, 0.25) is 0 Å². The standard InChI is InChI=1S/C25H22FNO3/c26-20-9-5-19(6-10-20)24(29)22-3-1-2-4-23(22)25(30)27-15-13-18(14-16-27)17-7-11-21(28)12-8-17/h1-12,18,28H,13-16H2. The summed E-state index contributed by atoms with van der Waals surface area (Å²) in [5.74, 6) is -0.282. The van der Waals surface area contributed by atoms with Crippen LogP contribution < -0.4 is 0 Å². The summed E-state index contributed by atoms with van der Waals surface area (Å²) in [6, 6.07) is 19.4. The molecule has 1 aliphatic heterocycles. The molecular formula is C25H22FNO3. The van der Waals surface area contributed by atoms with E-state index in [-0.39, 0.29) is 17.4 Å². The predicted molar refractivity (Wildman–Crippen MR) is 112 cm³/mol. The third-order valence-electron chi connectivity index (χ3n) is 5.66. The van der Waals surface area contributed by atoms with E-state index in [0.717, 1.165) is 18.4 Å². The van der Waals surface area contributed by atoms with Gasteiger partial charge >= 0.3 is 0 Å². The second-order valence-corrected chi connectivity index (χ2v) is 7.54. The molecular weight excluding hydrogens is 381 g/mol. The number of hydrogen-bond acceptors (Lipinski definition) is 3. The average Bonchev–Trinajstić information content (AvgIpc) is 2.79. The van der Waals surface area contributed by atoms with Crippen molar-refractivity contribution in [1.29, 1.82) is 0 Å². The minimum atomic E-state index is -0.410. The first kappa shape index (κ1) is 19.8. The summed E-state index contributed by atoms with van der Waals surface area (Å²) in [4.78, 5) is 27.9. The molecule has 1 saturated heterocycles. The summed E-state index contributed by atoms with van der Waals surface area (Å²) in [6.45, 7) is 1.20. The lowest BCUT2D eigenvalue weighted by Gasteiger charge is -2.32. The maximum Gasteiger partial charge on any atom is 0.254 e. The van der Waals surface area contributed by atoms with Crippen LogP contribution in [0.3, 0.4) is 0 Å². The van der Waals surface area contributed by atoms with E-state index in [1.807, 2.05) is 12.1 Å². The molecule has 4 rings (SSSR count). The molecule has 0 aromatic heterocycles. The second kappa shape index (κ2) is 8.49. The van der Waals surface area contributed by atoms with Gasteiger partial charge in [-0.05, 0) is 66.8 Å². The van der Waals surface area contributed by atoms with Gasteiger partial charge in [-0.25, -0.2) is 4.39 Å². The largest absolute Gasteiger partial charge is 0.508 e. The van der Waals surface area contributed by atoms with Crippen molar-refractivity contribution in [2.24, 2.45) is 0 Å². The monoisotopic (exact) mass is 403 g/mol. The van der Waals surface area contributed by atoms with Crippen LogP contribution in [0.1, 0.15) is 50.6 Å². The number of aromatic hydroxyl groups is 1. The molecule has 3 aromatic rings. The van der Waals surface area contributed by atoms with Gasteiger partial charge in [0, 0.05) is 24.2 Å². The highest BCUT2D eigenvalue weighted by atomic mass is 19.1. The lowest BCUT2D eigenvalue weighted by atomic mass is 9.89. The van der Waals surface area contributed by atoms with Crippen LogP contribution in [0.4, 0.5) is 4.39 Å². The Labute approximate surface area is 174 Å². The number of piperidine rings is 1. The number of rotatable bonds is 4. The summed E-state index contributed by atoms with van der Waals surface area (Å²) in [7, 11) is 0. The van der Waals surface area contributed by atoms with Crippen molar-refractivity contribution >= 4 is 11.7 Å². The number of hydrogen-bond donors (Lipinski definition) is 1. The van der Waals surface area contributed by atoms with Crippen LogP contribution in [-0.4, -0.2) is 34.8 Å². The fourth-order valence-electron chi connectivity index (χ4n) is 3.96.